The van der Waals surface area contributed by atoms with Gasteiger partial charge in [0, 0.05) is 32.0 Å². The highest BCUT2D eigenvalue weighted by Crippen LogP contribution is 2.32. The number of halogens is 4. The molecule has 0 unspecified atom stereocenters. The van der Waals surface area contributed by atoms with Crippen molar-refractivity contribution in [2.45, 2.75) is 38.4 Å². The molecule has 1 saturated heterocycles. The molecule has 140 valence electrons. The van der Waals surface area contributed by atoms with Crippen molar-refractivity contribution < 1.29 is 13.2 Å². The molecule has 26 heavy (non-hydrogen) atoms. The Kier molecular flexibility index (Phi) is 5.86. The number of nitrogens with zero attached hydrogens (tertiary/aromatic N) is 3. The Hall–Kier alpha value is -2.02. The Morgan fingerprint density at radius 2 is 1.77 bits per heavy atom. The number of nitrogens with one attached hydrogen (secondary N) is 1. The first-order chi connectivity index (χ1) is 12.4. The quantitative estimate of drug-likeness (QED) is 0.792. The second-order valence-electron chi connectivity index (χ2n) is 6.33. The predicted octanol–water partition coefficient (Wildman–Crippen LogP) is 5.14. The van der Waals surface area contributed by atoms with Gasteiger partial charge >= 0.3 is 6.18 Å². The van der Waals surface area contributed by atoms with Crippen molar-refractivity contribution in [2.24, 2.45) is 0 Å². The molecule has 1 aliphatic rings. The van der Waals surface area contributed by atoms with Crippen LogP contribution in [0.5, 0.6) is 0 Å². The lowest BCUT2D eigenvalue weighted by atomic mass is 10.2. The van der Waals surface area contributed by atoms with Crippen molar-refractivity contribution in [2.75, 3.05) is 23.3 Å². The maximum Gasteiger partial charge on any atom is 0.417 e. The third-order valence-corrected chi connectivity index (χ3v) is 4.66. The van der Waals surface area contributed by atoms with Crippen molar-refractivity contribution in [1.29, 1.82) is 0 Å². The van der Waals surface area contributed by atoms with E-state index in [1.165, 1.54) is 25.7 Å². The van der Waals surface area contributed by atoms with Gasteiger partial charge in [0.1, 0.15) is 11.6 Å². The molecule has 0 aromatic carbocycles. The number of rotatable bonds is 4. The lowest BCUT2D eigenvalue weighted by molar-refractivity contribution is -0.137. The van der Waals surface area contributed by atoms with Crippen LogP contribution < -0.4 is 10.2 Å². The van der Waals surface area contributed by atoms with E-state index in [0.717, 1.165) is 36.7 Å². The van der Waals surface area contributed by atoms with E-state index < -0.39 is 11.7 Å². The van der Waals surface area contributed by atoms with Crippen LogP contribution in [0, 0.1) is 0 Å². The lowest BCUT2D eigenvalue weighted by Gasteiger charge is -2.21. The van der Waals surface area contributed by atoms with Crippen molar-refractivity contribution >= 4 is 23.2 Å². The molecular formula is C18H20ClF3N4. The Labute approximate surface area is 155 Å². The molecule has 1 N–H and O–H groups in total. The number of hydrogen-bond donors (Lipinski definition) is 1. The van der Waals surface area contributed by atoms with E-state index in [9.17, 15) is 13.2 Å². The van der Waals surface area contributed by atoms with E-state index >= 15 is 0 Å². The van der Waals surface area contributed by atoms with Gasteiger partial charge in [-0.3, -0.25) is 0 Å². The minimum Gasteiger partial charge on any atom is -0.365 e. The van der Waals surface area contributed by atoms with Gasteiger partial charge in [-0.25, -0.2) is 9.97 Å². The van der Waals surface area contributed by atoms with Crippen molar-refractivity contribution in [1.82, 2.24) is 9.97 Å². The summed E-state index contributed by atoms with van der Waals surface area (Å²) in [7, 11) is 0. The number of hydrogen-bond acceptors (Lipinski definition) is 4. The first-order valence-electron chi connectivity index (χ1n) is 8.60. The summed E-state index contributed by atoms with van der Waals surface area (Å²) in [5, 5.41) is 2.89. The van der Waals surface area contributed by atoms with Crippen LogP contribution in [-0.4, -0.2) is 23.1 Å². The zero-order chi connectivity index (χ0) is 18.6. The summed E-state index contributed by atoms with van der Waals surface area (Å²) in [5.41, 5.74) is 0.0397. The molecule has 0 aliphatic carbocycles. The van der Waals surface area contributed by atoms with Gasteiger partial charge in [0.25, 0.3) is 0 Å². The molecule has 0 bridgehead atoms. The van der Waals surface area contributed by atoms with Crippen molar-refractivity contribution in [3.8, 4) is 0 Å². The average molecular weight is 385 g/mol. The Balaban J connectivity index is 1.61. The second kappa shape index (κ2) is 8.12. The van der Waals surface area contributed by atoms with Crippen LogP contribution in [0.1, 0.15) is 36.8 Å². The maximum atomic E-state index is 12.6. The molecule has 3 heterocycles. The van der Waals surface area contributed by atoms with E-state index in [2.05, 4.69) is 20.2 Å². The first-order valence-corrected chi connectivity index (χ1v) is 8.98. The van der Waals surface area contributed by atoms with Crippen LogP contribution >= 0.6 is 11.6 Å². The number of alkyl halides is 3. The minimum absolute atomic E-state index is 0.0611. The van der Waals surface area contributed by atoms with Crippen molar-refractivity contribution in [3.63, 3.8) is 0 Å². The molecule has 2 aromatic rings. The van der Waals surface area contributed by atoms with Crippen LogP contribution in [0.15, 0.2) is 30.6 Å². The largest absolute Gasteiger partial charge is 0.417 e. The molecule has 1 fully saturated rings. The molecule has 0 atom stereocenters. The summed E-state index contributed by atoms with van der Waals surface area (Å²) in [6.45, 7) is 2.43. The summed E-state index contributed by atoms with van der Waals surface area (Å²) < 4.78 is 37.9. The Bertz CT molecular complexity index is 726. The first kappa shape index (κ1) is 18.8. The maximum absolute atomic E-state index is 12.6. The van der Waals surface area contributed by atoms with Gasteiger partial charge in [-0.05, 0) is 30.5 Å². The van der Waals surface area contributed by atoms with E-state index in [4.69, 9.17) is 11.6 Å². The second-order valence-corrected chi connectivity index (χ2v) is 6.74. The highest BCUT2D eigenvalue weighted by atomic mass is 35.5. The molecule has 0 saturated carbocycles. The van der Waals surface area contributed by atoms with Crippen LogP contribution in [-0.2, 0) is 12.7 Å². The van der Waals surface area contributed by atoms with Crippen LogP contribution in [0.25, 0.3) is 0 Å². The molecule has 0 amide bonds. The number of anilines is 2. The SMILES string of the molecule is FC(F)(F)c1cnc(NCc2ccc(N3CCCCCC3)nc2)c(Cl)c1. The average Bonchev–Trinajstić information content (AvgIpc) is 2.90. The summed E-state index contributed by atoms with van der Waals surface area (Å²) in [6.07, 6.45) is 2.98. The normalized spacial score (nSPS) is 15.6. The zero-order valence-electron chi connectivity index (χ0n) is 14.2. The third-order valence-electron chi connectivity index (χ3n) is 4.37. The van der Waals surface area contributed by atoms with Gasteiger partial charge in [0.2, 0.25) is 0 Å². The topological polar surface area (TPSA) is 41.1 Å². The summed E-state index contributed by atoms with van der Waals surface area (Å²) in [6, 6.07) is 4.81. The summed E-state index contributed by atoms with van der Waals surface area (Å²) in [4.78, 5) is 10.6. The number of aromatic nitrogens is 2. The molecule has 4 nitrogen and oxygen atoms in total. The lowest BCUT2D eigenvalue weighted by Crippen LogP contribution is -2.24. The number of pyridine rings is 2. The van der Waals surface area contributed by atoms with Crippen LogP contribution in [0.3, 0.4) is 0 Å². The van der Waals surface area contributed by atoms with Gasteiger partial charge in [-0.1, -0.05) is 30.5 Å². The standard InChI is InChI=1S/C18H20ClF3N4/c19-15-9-14(18(20,21)22)12-25-17(15)24-11-13-5-6-16(23-10-13)26-7-3-1-2-4-8-26/h5-6,9-10,12H,1-4,7-8,11H2,(H,24,25). The fourth-order valence-electron chi connectivity index (χ4n) is 2.92. The third kappa shape index (κ3) is 4.78. The molecule has 0 radical (unpaired) electrons. The zero-order valence-corrected chi connectivity index (χ0v) is 14.9. The minimum atomic E-state index is -4.46. The van der Waals surface area contributed by atoms with Gasteiger partial charge in [0.05, 0.1) is 10.6 Å². The van der Waals surface area contributed by atoms with Crippen LogP contribution in [0.4, 0.5) is 24.8 Å². The monoisotopic (exact) mass is 384 g/mol. The molecule has 1 aliphatic heterocycles. The van der Waals surface area contributed by atoms with Gasteiger partial charge < -0.3 is 10.2 Å². The fourth-order valence-corrected chi connectivity index (χ4v) is 3.15. The van der Waals surface area contributed by atoms with Crippen LogP contribution in [0.2, 0.25) is 5.02 Å². The molecule has 8 heteroatoms. The smallest absolute Gasteiger partial charge is 0.365 e. The molecule has 0 spiro atoms. The van der Waals surface area contributed by atoms with E-state index in [0.29, 0.717) is 6.54 Å². The van der Waals surface area contributed by atoms with E-state index in [1.807, 2.05) is 12.1 Å². The Morgan fingerprint density at radius 3 is 2.35 bits per heavy atom. The predicted molar refractivity (Wildman–Crippen MR) is 96.5 cm³/mol. The van der Waals surface area contributed by atoms with Gasteiger partial charge in [0.15, 0.2) is 0 Å². The summed E-state index contributed by atoms with van der Waals surface area (Å²) >= 11 is 5.90. The molecule has 2 aromatic heterocycles. The fraction of sp³-hybridized carbons (Fsp3) is 0.444. The van der Waals surface area contributed by atoms with Gasteiger partial charge in [-0.15, -0.1) is 0 Å². The van der Waals surface area contributed by atoms with Gasteiger partial charge in [-0.2, -0.15) is 13.2 Å². The summed E-state index contributed by atoms with van der Waals surface area (Å²) in [5.74, 6) is 1.18. The highest BCUT2D eigenvalue weighted by molar-refractivity contribution is 6.32. The van der Waals surface area contributed by atoms with Crippen molar-refractivity contribution in [3.05, 3.63) is 46.7 Å². The molecule has 3 rings (SSSR count). The molecular weight excluding hydrogens is 365 g/mol. The van der Waals surface area contributed by atoms with E-state index in [-0.39, 0.29) is 10.8 Å². The Morgan fingerprint density at radius 1 is 1.04 bits per heavy atom. The highest BCUT2D eigenvalue weighted by Gasteiger charge is 2.31. The van der Waals surface area contributed by atoms with E-state index in [1.54, 1.807) is 6.20 Å².